The van der Waals surface area contributed by atoms with Crippen molar-refractivity contribution >= 4 is 29.1 Å². The normalized spacial score (nSPS) is 10.8. The Balaban J connectivity index is 1.94. The molecule has 8 heteroatoms. The van der Waals surface area contributed by atoms with Crippen molar-refractivity contribution in [2.45, 2.75) is 6.42 Å². The first-order valence-electron chi connectivity index (χ1n) is 8.34. The first-order valence-corrected chi connectivity index (χ1v) is 9.10. The lowest BCUT2D eigenvalue weighted by atomic mass is 10.2. The van der Waals surface area contributed by atoms with Gasteiger partial charge in [0.15, 0.2) is 5.82 Å². The lowest BCUT2D eigenvalue weighted by molar-refractivity contribution is 0.0938. The van der Waals surface area contributed by atoms with Crippen molar-refractivity contribution in [2.24, 2.45) is 0 Å². The van der Waals surface area contributed by atoms with E-state index in [0.29, 0.717) is 35.4 Å². The molecular formula is C19H18Cl2N4O2. The molecule has 1 heterocycles. The number of benzene rings is 2. The number of aromatic nitrogens is 3. The summed E-state index contributed by atoms with van der Waals surface area (Å²) < 4.78 is 6.59. The van der Waals surface area contributed by atoms with Crippen LogP contribution in [-0.4, -0.2) is 40.9 Å². The minimum atomic E-state index is -0.339. The number of methoxy groups -OCH3 is 1. The van der Waals surface area contributed by atoms with E-state index in [2.05, 4.69) is 15.4 Å². The molecule has 1 aromatic heterocycles. The van der Waals surface area contributed by atoms with E-state index >= 15 is 0 Å². The molecule has 3 aromatic rings. The molecule has 140 valence electrons. The highest BCUT2D eigenvalue weighted by Gasteiger charge is 2.18. The van der Waals surface area contributed by atoms with Crippen molar-refractivity contribution in [3.05, 3.63) is 64.4 Å². The zero-order valence-electron chi connectivity index (χ0n) is 14.7. The summed E-state index contributed by atoms with van der Waals surface area (Å²) in [6.07, 6.45) is 0.712. The molecule has 1 N–H and O–H groups in total. The number of rotatable bonds is 7. The van der Waals surface area contributed by atoms with Gasteiger partial charge < -0.3 is 10.1 Å². The predicted octanol–water partition coefficient (Wildman–Crippen LogP) is 4.01. The van der Waals surface area contributed by atoms with E-state index in [1.165, 1.54) is 0 Å². The predicted molar refractivity (Wildman–Crippen MR) is 106 cm³/mol. The zero-order chi connectivity index (χ0) is 19.2. The summed E-state index contributed by atoms with van der Waals surface area (Å²) in [6.45, 7) is 1.06. The molecule has 0 atom stereocenters. The fraction of sp³-hybridized carbons (Fsp3) is 0.211. The smallest absolute Gasteiger partial charge is 0.290 e. The molecule has 0 saturated heterocycles. The van der Waals surface area contributed by atoms with Gasteiger partial charge in [0.2, 0.25) is 5.82 Å². The average molecular weight is 405 g/mol. The Kier molecular flexibility index (Phi) is 6.45. The van der Waals surface area contributed by atoms with E-state index in [9.17, 15) is 4.79 Å². The zero-order valence-corrected chi connectivity index (χ0v) is 16.2. The molecule has 0 bridgehead atoms. The number of hydrogen-bond acceptors (Lipinski definition) is 4. The second kappa shape index (κ2) is 8.99. The Morgan fingerprint density at radius 1 is 1.07 bits per heavy atom. The molecule has 1 amide bonds. The summed E-state index contributed by atoms with van der Waals surface area (Å²) in [5, 5.41) is 8.42. The van der Waals surface area contributed by atoms with E-state index in [1.54, 1.807) is 36.1 Å². The van der Waals surface area contributed by atoms with Crippen LogP contribution in [0.1, 0.15) is 17.0 Å². The highest BCUT2D eigenvalue weighted by atomic mass is 35.5. The number of nitrogens with zero attached hydrogens (tertiary/aromatic N) is 3. The summed E-state index contributed by atoms with van der Waals surface area (Å²) in [5.41, 5.74) is 1.54. The molecule has 0 fully saturated rings. The second-order valence-electron chi connectivity index (χ2n) is 5.76. The minimum Gasteiger partial charge on any atom is -0.385 e. The number of ether oxygens (including phenoxy) is 1. The average Bonchev–Trinajstić information content (AvgIpc) is 3.12. The molecule has 0 aliphatic carbocycles. The number of carbonyl (C=O) groups is 1. The van der Waals surface area contributed by atoms with Crippen molar-refractivity contribution in [1.82, 2.24) is 20.1 Å². The van der Waals surface area contributed by atoms with Crippen LogP contribution in [0, 0.1) is 0 Å². The van der Waals surface area contributed by atoms with Crippen LogP contribution >= 0.6 is 23.2 Å². The van der Waals surface area contributed by atoms with Gasteiger partial charge in [-0.2, -0.15) is 0 Å². The molecule has 0 aliphatic heterocycles. The van der Waals surface area contributed by atoms with Crippen LogP contribution in [0.2, 0.25) is 10.0 Å². The Morgan fingerprint density at radius 3 is 2.33 bits per heavy atom. The Morgan fingerprint density at radius 2 is 1.70 bits per heavy atom. The van der Waals surface area contributed by atoms with E-state index in [0.717, 1.165) is 11.3 Å². The van der Waals surface area contributed by atoms with E-state index in [1.807, 2.05) is 24.3 Å². The fourth-order valence-corrected chi connectivity index (χ4v) is 2.71. The summed E-state index contributed by atoms with van der Waals surface area (Å²) in [7, 11) is 1.62. The summed E-state index contributed by atoms with van der Waals surface area (Å²) in [4.78, 5) is 16.9. The largest absolute Gasteiger partial charge is 0.385 e. The topological polar surface area (TPSA) is 69.0 Å². The maximum absolute atomic E-state index is 12.4. The highest BCUT2D eigenvalue weighted by molar-refractivity contribution is 6.30. The van der Waals surface area contributed by atoms with Crippen molar-refractivity contribution < 1.29 is 9.53 Å². The first kappa shape index (κ1) is 19.4. The standard InChI is InChI=1S/C19H18Cl2N4O2/c1-27-12-2-11-22-19(26)17-23-18(13-3-5-14(20)6-4-13)25(24-17)16-9-7-15(21)8-10-16/h3-10H,2,11-12H2,1H3,(H,22,26). The van der Waals surface area contributed by atoms with Crippen molar-refractivity contribution in [3.8, 4) is 17.1 Å². The number of hydrogen-bond donors (Lipinski definition) is 1. The van der Waals surface area contributed by atoms with Crippen LogP contribution in [0.4, 0.5) is 0 Å². The van der Waals surface area contributed by atoms with Gasteiger partial charge in [-0.05, 0) is 55.0 Å². The fourth-order valence-electron chi connectivity index (χ4n) is 2.45. The third-order valence-corrected chi connectivity index (χ3v) is 4.30. The van der Waals surface area contributed by atoms with Gasteiger partial charge in [-0.1, -0.05) is 23.2 Å². The second-order valence-corrected chi connectivity index (χ2v) is 6.63. The first-order chi connectivity index (χ1) is 13.1. The van der Waals surface area contributed by atoms with E-state index in [4.69, 9.17) is 27.9 Å². The maximum Gasteiger partial charge on any atom is 0.290 e. The third-order valence-electron chi connectivity index (χ3n) is 3.79. The highest BCUT2D eigenvalue weighted by Crippen LogP contribution is 2.24. The van der Waals surface area contributed by atoms with Gasteiger partial charge in [0.1, 0.15) is 0 Å². The molecule has 0 saturated carbocycles. The number of nitrogens with one attached hydrogen (secondary N) is 1. The number of carbonyl (C=O) groups excluding carboxylic acids is 1. The Hall–Kier alpha value is -2.41. The SMILES string of the molecule is COCCCNC(=O)c1nc(-c2ccc(Cl)cc2)n(-c2ccc(Cl)cc2)n1. The van der Waals surface area contributed by atoms with Crippen LogP contribution < -0.4 is 5.32 Å². The van der Waals surface area contributed by atoms with Gasteiger partial charge in [-0.3, -0.25) is 4.79 Å². The number of halogens is 2. The molecule has 0 spiro atoms. The van der Waals surface area contributed by atoms with Crippen molar-refractivity contribution in [3.63, 3.8) is 0 Å². The third kappa shape index (κ3) is 4.86. The molecule has 0 radical (unpaired) electrons. The quantitative estimate of drug-likeness (QED) is 0.604. The van der Waals surface area contributed by atoms with E-state index in [-0.39, 0.29) is 11.7 Å². The van der Waals surface area contributed by atoms with E-state index < -0.39 is 0 Å². The van der Waals surface area contributed by atoms with Crippen LogP contribution in [0.15, 0.2) is 48.5 Å². The molecule has 0 aliphatic rings. The Bertz CT molecular complexity index is 845. The van der Waals surface area contributed by atoms with Gasteiger partial charge in [-0.15, -0.1) is 5.10 Å². The summed E-state index contributed by atoms with van der Waals surface area (Å²) in [6, 6.07) is 14.3. The molecule has 6 nitrogen and oxygen atoms in total. The van der Waals surface area contributed by atoms with Crippen LogP contribution in [-0.2, 0) is 4.74 Å². The van der Waals surface area contributed by atoms with Crippen LogP contribution in [0.5, 0.6) is 0 Å². The lowest BCUT2D eigenvalue weighted by Gasteiger charge is -2.06. The van der Waals surface area contributed by atoms with Gasteiger partial charge in [-0.25, -0.2) is 9.67 Å². The van der Waals surface area contributed by atoms with Crippen LogP contribution in [0.3, 0.4) is 0 Å². The van der Waals surface area contributed by atoms with Gasteiger partial charge in [0.05, 0.1) is 5.69 Å². The van der Waals surface area contributed by atoms with Gasteiger partial charge in [0, 0.05) is 35.9 Å². The molecule has 3 rings (SSSR count). The molecule has 27 heavy (non-hydrogen) atoms. The maximum atomic E-state index is 12.4. The molecular weight excluding hydrogens is 387 g/mol. The molecule has 2 aromatic carbocycles. The number of amides is 1. The monoisotopic (exact) mass is 404 g/mol. The van der Waals surface area contributed by atoms with Gasteiger partial charge in [0.25, 0.3) is 5.91 Å². The Labute approximate surface area is 167 Å². The minimum absolute atomic E-state index is 0.0901. The summed E-state index contributed by atoms with van der Waals surface area (Å²) in [5.74, 6) is 0.289. The van der Waals surface area contributed by atoms with Crippen molar-refractivity contribution in [2.75, 3.05) is 20.3 Å². The summed E-state index contributed by atoms with van der Waals surface area (Å²) >= 11 is 12.0. The van der Waals surface area contributed by atoms with Crippen LogP contribution in [0.25, 0.3) is 17.1 Å². The lowest BCUT2D eigenvalue weighted by Crippen LogP contribution is -2.26. The molecule has 0 unspecified atom stereocenters. The van der Waals surface area contributed by atoms with Gasteiger partial charge >= 0.3 is 0 Å². The van der Waals surface area contributed by atoms with Crippen molar-refractivity contribution in [1.29, 1.82) is 0 Å².